The lowest BCUT2D eigenvalue weighted by Gasteiger charge is -2.27. The number of carbonyl (C=O) groups is 3. The molecule has 0 saturated heterocycles. The Morgan fingerprint density at radius 1 is 0.926 bits per heavy atom. The monoisotopic (exact) mass is 367 g/mol. The van der Waals surface area contributed by atoms with E-state index in [-0.39, 0.29) is 24.3 Å². The van der Waals surface area contributed by atoms with Gasteiger partial charge in [0, 0.05) is 37.5 Å². The van der Waals surface area contributed by atoms with Gasteiger partial charge in [-0.3, -0.25) is 14.4 Å². The second kappa shape index (κ2) is 8.98. The predicted molar refractivity (Wildman–Crippen MR) is 108 cm³/mol. The molecule has 6 heteroatoms. The number of carbonyl (C=O) groups excluding carboxylic acids is 3. The zero-order chi connectivity index (χ0) is 20.0. The van der Waals surface area contributed by atoms with Crippen molar-refractivity contribution in [3.63, 3.8) is 0 Å². The summed E-state index contributed by atoms with van der Waals surface area (Å²) in [6, 6.07) is 14.6. The Morgan fingerprint density at radius 2 is 1.56 bits per heavy atom. The summed E-state index contributed by atoms with van der Waals surface area (Å²) in [5.41, 5.74) is 3.00. The Balaban J connectivity index is 2.26. The molecule has 0 aromatic heterocycles. The van der Waals surface area contributed by atoms with Crippen LogP contribution in [0.3, 0.4) is 0 Å². The lowest BCUT2D eigenvalue weighted by molar-refractivity contribution is -0.121. The molecule has 0 radical (unpaired) electrons. The van der Waals surface area contributed by atoms with Crippen LogP contribution in [0.2, 0.25) is 0 Å². The number of aryl methyl sites for hydroxylation is 1. The van der Waals surface area contributed by atoms with E-state index in [9.17, 15) is 14.4 Å². The Bertz CT molecular complexity index is 848. The van der Waals surface area contributed by atoms with Crippen LogP contribution in [0.15, 0.2) is 48.5 Å². The van der Waals surface area contributed by atoms with Gasteiger partial charge in [-0.05, 0) is 49.7 Å². The average Bonchev–Trinajstić information content (AvgIpc) is 2.60. The van der Waals surface area contributed by atoms with E-state index < -0.39 is 0 Å². The molecule has 0 atom stereocenters. The van der Waals surface area contributed by atoms with Gasteiger partial charge < -0.3 is 15.1 Å². The van der Waals surface area contributed by atoms with Crippen LogP contribution in [0.25, 0.3) is 0 Å². The van der Waals surface area contributed by atoms with Gasteiger partial charge in [0.25, 0.3) is 0 Å². The summed E-state index contributed by atoms with van der Waals surface area (Å²) in [6.07, 6.45) is 0. The Labute approximate surface area is 159 Å². The third-order valence-electron chi connectivity index (χ3n) is 4.08. The number of hydrogen-bond acceptors (Lipinski definition) is 3. The summed E-state index contributed by atoms with van der Waals surface area (Å²) in [7, 11) is 0. The molecule has 0 aliphatic rings. The second-order valence-corrected chi connectivity index (χ2v) is 6.31. The number of hydrogen-bond donors (Lipinski definition) is 1. The molecule has 1 N–H and O–H groups in total. The number of nitrogens with one attached hydrogen (secondary N) is 1. The Hall–Kier alpha value is -3.15. The Morgan fingerprint density at radius 3 is 2.11 bits per heavy atom. The lowest BCUT2D eigenvalue weighted by Crippen LogP contribution is -2.42. The van der Waals surface area contributed by atoms with E-state index in [4.69, 9.17) is 0 Å². The largest absolute Gasteiger partial charge is 0.326 e. The van der Waals surface area contributed by atoms with E-state index >= 15 is 0 Å². The van der Waals surface area contributed by atoms with Crippen LogP contribution >= 0.6 is 0 Å². The molecular weight excluding hydrogens is 342 g/mol. The highest BCUT2D eigenvalue weighted by molar-refractivity contribution is 6.03. The van der Waals surface area contributed by atoms with Crippen LogP contribution in [-0.2, 0) is 14.4 Å². The minimum Gasteiger partial charge on any atom is -0.326 e. The standard InChI is InChI=1S/C21H25N3O3/c1-5-23(19-10-6-8-15(2)12-19)21(27)14-24(17(4)26)20-11-7-9-18(13-20)22-16(3)25/h6-13H,5,14H2,1-4H3,(H,22,25). The third kappa shape index (κ3) is 5.41. The highest BCUT2D eigenvalue weighted by Gasteiger charge is 2.21. The fraction of sp³-hybridized carbons (Fsp3) is 0.286. The van der Waals surface area contributed by atoms with Gasteiger partial charge in [0.2, 0.25) is 17.7 Å². The molecule has 6 nitrogen and oxygen atoms in total. The van der Waals surface area contributed by atoms with Gasteiger partial charge in [-0.25, -0.2) is 0 Å². The summed E-state index contributed by atoms with van der Waals surface area (Å²) in [5, 5.41) is 2.69. The van der Waals surface area contributed by atoms with Gasteiger partial charge >= 0.3 is 0 Å². The lowest BCUT2D eigenvalue weighted by atomic mass is 10.2. The van der Waals surface area contributed by atoms with Gasteiger partial charge in [0.15, 0.2) is 0 Å². The van der Waals surface area contributed by atoms with E-state index in [2.05, 4.69) is 5.32 Å². The highest BCUT2D eigenvalue weighted by atomic mass is 16.2. The van der Waals surface area contributed by atoms with Crippen LogP contribution in [0, 0.1) is 6.92 Å². The van der Waals surface area contributed by atoms with Crippen molar-refractivity contribution in [2.75, 3.05) is 28.2 Å². The second-order valence-electron chi connectivity index (χ2n) is 6.31. The molecule has 0 saturated carbocycles. The zero-order valence-corrected chi connectivity index (χ0v) is 16.2. The first-order valence-corrected chi connectivity index (χ1v) is 8.84. The van der Waals surface area contributed by atoms with Crippen LogP contribution in [0.1, 0.15) is 26.3 Å². The number of rotatable bonds is 6. The van der Waals surface area contributed by atoms with Crippen LogP contribution < -0.4 is 15.1 Å². The van der Waals surface area contributed by atoms with Crippen molar-refractivity contribution < 1.29 is 14.4 Å². The molecule has 0 spiro atoms. The van der Waals surface area contributed by atoms with Crippen molar-refractivity contribution in [2.24, 2.45) is 0 Å². The average molecular weight is 367 g/mol. The topological polar surface area (TPSA) is 69.7 Å². The van der Waals surface area contributed by atoms with Crippen molar-refractivity contribution in [2.45, 2.75) is 27.7 Å². The third-order valence-corrected chi connectivity index (χ3v) is 4.08. The van der Waals surface area contributed by atoms with Gasteiger partial charge in [0.1, 0.15) is 6.54 Å². The molecule has 0 aliphatic carbocycles. The molecule has 27 heavy (non-hydrogen) atoms. The molecule has 2 aromatic rings. The summed E-state index contributed by atoms with van der Waals surface area (Å²) in [5.74, 6) is -0.624. The number of nitrogens with zero attached hydrogens (tertiary/aromatic N) is 2. The van der Waals surface area contributed by atoms with E-state index in [1.54, 1.807) is 29.2 Å². The Kier molecular flexibility index (Phi) is 6.71. The minimum atomic E-state index is -0.247. The maximum atomic E-state index is 12.9. The number of likely N-dealkylation sites (N-methyl/N-ethyl adjacent to an activating group) is 1. The van der Waals surface area contributed by atoms with Crippen molar-refractivity contribution in [3.05, 3.63) is 54.1 Å². The predicted octanol–water partition coefficient (Wildman–Crippen LogP) is 3.36. The molecule has 0 aliphatic heterocycles. The molecular formula is C21H25N3O3. The summed E-state index contributed by atoms with van der Waals surface area (Å²) in [6.45, 7) is 7.12. The molecule has 142 valence electrons. The van der Waals surface area contributed by atoms with Gasteiger partial charge in [-0.15, -0.1) is 0 Å². The van der Waals surface area contributed by atoms with E-state index in [0.29, 0.717) is 17.9 Å². The summed E-state index contributed by atoms with van der Waals surface area (Å²) < 4.78 is 0. The van der Waals surface area contributed by atoms with Gasteiger partial charge in [0.05, 0.1) is 0 Å². The number of anilines is 3. The van der Waals surface area contributed by atoms with E-state index in [0.717, 1.165) is 11.3 Å². The normalized spacial score (nSPS) is 10.2. The molecule has 0 fully saturated rings. The zero-order valence-electron chi connectivity index (χ0n) is 16.2. The molecule has 0 unspecified atom stereocenters. The first-order chi connectivity index (χ1) is 12.8. The van der Waals surface area contributed by atoms with Crippen LogP contribution in [0.4, 0.5) is 17.1 Å². The number of benzene rings is 2. The maximum absolute atomic E-state index is 12.9. The smallest absolute Gasteiger partial charge is 0.247 e. The van der Waals surface area contributed by atoms with Gasteiger partial charge in [-0.1, -0.05) is 18.2 Å². The maximum Gasteiger partial charge on any atom is 0.247 e. The molecule has 0 heterocycles. The van der Waals surface area contributed by atoms with Crippen molar-refractivity contribution >= 4 is 34.8 Å². The van der Waals surface area contributed by atoms with Crippen LogP contribution in [-0.4, -0.2) is 30.8 Å². The summed E-state index contributed by atoms with van der Waals surface area (Å²) in [4.78, 5) is 39.4. The van der Waals surface area contributed by atoms with E-state index in [1.807, 2.05) is 38.1 Å². The fourth-order valence-electron chi connectivity index (χ4n) is 2.86. The molecule has 2 aromatic carbocycles. The molecule has 0 bridgehead atoms. The molecule has 2 rings (SSSR count). The molecule has 3 amide bonds. The quantitative estimate of drug-likeness (QED) is 0.851. The van der Waals surface area contributed by atoms with Crippen LogP contribution in [0.5, 0.6) is 0 Å². The van der Waals surface area contributed by atoms with Crippen molar-refractivity contribution in [1.82, 2.24) is 0 Å². The summed E-state index contributed by atoms with van der Waals surface area (Å²) >= 11 is 0. The fourth-order valence-corrected chi connectivity index (χ4v) is 2.86. The first kappa shape index (κ1) is 20.2. The SMILES string of the molecule is CCN(C(=O)CN(C(C)=O)c1cccc(NC(C)=O)c1)c1cccc(C)c1. The van der Waals surface area contributed by atoms with Crippen molar-refractivity contribution in [3.8, 4) is 0 Å². The van der Waals surface area contributed by atoms with E-state index in [1.165, 1.54) is 18.7 Å². The first-order valence-electron chi connectivity index (χ1n) is 8.84. The van der Waals surface area contributed by atoms with Gasteiger partial charge in [-0.2, -0.15) is 0 Å². The number of amides is 3. The minimum absolute atomic E-state index is 0.0827. The van der Waals surface area contributed by atoms with Crippen molar-refractivity contribution in [1.29, 1.82) is 0 Å². The highest BCUT2D eigenvalue weighted by Crippen LogP contribution is 2.21.